The normalized spacial score (nSPS) is 11.4. The number of nitrogens with one attached hydrogen (secondary N) is 1. The Morgan fingerprint density at radius 2 is 1.23 bits per heavy atom. The van der Waals surface area contributed by atoms with E-state index in [0.717, 1.165) is 6.54 Å². The van der Waals surface area contributed by atoms with E-state index in [2.05, 4.69) is 44.3 Å². The molecule has 0 amide bonds. The van der Waals surface area contributed by atoms with Gasteiger partial charge in [-0.15, -0.1) is 0 Å². The second kappa shape index (κ2) is 17.1. The van der Waals surface area contributed by atoms with Gasteiger partial charge in [-0.2, -0.15) is 0 Å². The predicted octanol–water partition coefficient (Wildman–Crippen LogP) is -1.76. The van der Waals surface area contributed by atoms with Gasteiger partial charge in [-0.1, -0.05) is 82.2 Å². The molecular weight excluding hydrogens is 313 g/mol. The molecule has 130 valence electrons. The van der Waals surface area contributed by atoms with Gasteiger partial charge in [-0.05, 0) is 12.8 Å². The highest BCUT2D eigenvalue weighted by atomic mass is 35.5. The molecule has 0 aliphatic carbocycles. The fourth-order valence-electron chi connectivity index (χ4n) is 2.77. The Balaban J connectivity index is 0. The van der Waals surface area contributed by atoms with Crippen molar-refractivity contribution in [2.75, 3.05) is 13.6 Å². The molecule has 0 saturated carbocycles. The van der Waals surface area contributed by atoms with E-state index in [4.69, 9.17) is 0 Å². The van der Waals surface area contributed by atoms with E-state index < -0.39 is 0 Å². The number of quaternary nitrogens is 1. The lowest BCUT2D eigenvalue weighted by Crippen LogP contribution is -3.07. The molecule has 0 aliphatic rings. The summed E-state index contributed by atoms with van der Waals surface area (Å²) < 4.78 is 0. The van der Waals surface area contributed by atoms with Gasteiger partial charge in [0.05, 0.1) is 13.6 Å². The number of hydrogen-bond acceptors (Lipinski definition) is 0. The highest BCUT2D eigenvalue weighted by molar-refractivity contribution is 5.13. The first-order chi connectivity index (χ1) is 9.83. The molecule has 1 rings (SSSR count). The fourth-order valence-corrected chi connectivity index (χ4v) is 2.77. The van der Waals surface area contributed by atoms with Crippen molar-refractivity contribution in [3.05, 3.63) is 35.9 Å². The maximum atomic E-state index is 2.32. The van der Waals surface area contributed by atoms with Crippen LogP contribution in [0, 0.1) is 0 Å². The second-order valence-electron chi connectivity index (χ2n) is 6.20. The van der Waals surface area contributed by atoms with Crippen LogP contribution < -0.4 is 29.7 Å². The van der Waals surface area contributed by atoms with Crippen LogP contribution in [-0.2, 0) is 6.54 Å². The molecule has 1 aromatic rings. The van der Waals surface area contributed by atoms with Crippen LogP contribution in [0.25, 0.3) is 0 Å². The molecule has 0 heterocycles. The van der Waals surface area contributed by atoms with Crippen LogP contribution in [0.4, 0.5) is 0 Å². The average molecular weight is 347 g/mol. The van der Waals surface area contributed by atoms with E-state index >= 15 is 0 Å². The topological polar surface area (TPSA) is 4.44 Å². The average Bonchev–Trinajstić information content (AvgIpc) is 2.46. The monoisotopic (exact) mass is 346 g/mol. The van der Waals surface area contributed by atoms with E-state index in [1.54, 1.807) is 4.90 Å². The summed E-state index contributed by atoms with van der Waals surface area (Å²) in [5.74, 6) is 0. The number of unbranched alkanes of at least 4 members (excludes halogenated alkanes) is 8. The summed E-state index contributed by atoms with van der Waals surface area (Å²) in [6.07, 6.45) is 12.8. The molecule has 0 aromatic heterocycles. The molecule has 1 N–H and O–H groups in total. The molecule has 0 saturated heterocycles. The Labute approximate surface area is 150 Å². The Morgan fingerprint density at radius 3 is 1.77 bits per heavy atom. The minimum absolute atomic E-state index is 0. The molecule has 1 atom stereocenters. The first-order valence-electron chi connectivity index (χ1n) is 8.68. The summed E-state index contributed by atoms with van der Waals surface area (Å²) in [5, 5.41) is 0. The molecule has 1 unspecified atom stereocenters. The lowest BCUT2D eigenvalue weighted by Gasteiger charge is -2.13. The third kappa shape index (κ3) is 13.4. The van der Waals surface area contributed by atoms with Crippen molar-refractivity contribution < 1.29 is 29.7 Å². The molecule has 1 nitrogen and oxygen atoms in total. The molecule has 0 spiro atoms. The van der Waals surface area contributed by atoms with Gasteiger partial charge in [0, 0.05) is 5.56 Å². The minimum Gasteiger partial charge on any atom is -1.00 e. The van der Waals surface area contributed by atoms with Gasteiger partial charge >= 0.3 is 0 Å². The van der Waals surface area contributed by atoms with E-state index in [1.165, 1.54) is 69.9 Å². The molecule has 0 radical (unpaired) electrons. The Morgan fingerprint density at radius 1 is 0.727 bits per heavy atom. The Hall–Kier alpha value is -0.240. The van der Waals surface area contributed by atoms with Gasteiger partial charge in [0.2, 0.25) is 0 Å². The standard InChI is InChI=1S/C19H33N.2ClH/c1-3-4-5-6-7-8-9-10-14-17-20(2)18-19-15-12-11-13-16-19;;/h11-13,15-16H,3-10,14,17-18H2,1-2H3;2*1H/p-1. The molecule has 0 fully saturated rings. The van der Waals surface area contributed by atoms with E-state index in [1.807, 2.05) is 0 Å². The summed E-state index contributed by atoms with van der Waals surface area (Å²) in [4.78, 5) is 1.64. The van der Waals surface area contributed by atoms with Gasteiger partial charge in [0.15, 0.2) is 0 Å². The Kier molecular flexibility index (Phi) is 18.7. The lowest BCUT2D eigenvalue weighted by atomic mass is 10.1. The van der Waals surface area contributed by atoms with Gasteiger partial charge in [-0.3, -0.25) is 0 Å². The molecule has 0 aliphatic heterocycles. The minimum atomic E-state index is 0. The van der Waals surface area contributed by atoms with Crippen LogP contribution in [0.3, 0.4) is 0 Å². The number of halogens is 2. The number of rotatable bonds is 12. The molecule has 22 heavy (non-hydrogen) atoms. The van der Waals surface area contributed by atoms with Gasteiger partial charge in [0.25, 0.3) is 0 Å². The summed E-state index contributed by atoms with van der Waals surface area (Å²) >= 11 is 0. The van der Waals surface area contributed by atoms with Crippen LogP contribution in [0.5, 0.6) is 0 Å². The van der Waals surface area contributed by atoms with Crippen LogP contribution in [0.2, 0.25) is 0 Å². The molecular formula is C19H34Cl2N-. The zero-order chi connectivity index (χ0) is 14.5. The third-order valence-electron chi connectivity index (χ3n) is 4.06. The van der Waals surface area contributed by atoms with Crippen molar-refractivity contribution in [2.24, 2.45) is 0 Å². The SMILES string of the molecule is CCCCCCCCCCC[NH+](C)Cc1ccccc1.[Cl-].[Cl-]. The van der Waals surface area contributed by atoms with Gasteiger partial charge < -0.3 is 29.7 Å². The molecule has 3 heteroatoms. The maximum absolute atomic E-state index is 2.32. The van der Waals surface area contributed by atoms with Crippen LogP contribution in [0.1, 0.15) is 70.3 Å². The van der Waals surface area contributed by atoms with Gasteiger partial charge in [-0.25, -0.2) is 0 Å². The predicted molar refractivity (Wildman–Crippen MR) is 89.1 cm³/mol. The van der Waals surface area contributed by atoms with Crippen molar-refractivity contribution in [1.29, 1.82) is 0 Å². The zero-order valence-corrected chi connectivity index (χ0v) is 15.9. The highest BCUT2D eigenvalue weighted by Gasteiger charge is 2.02. The summed E-state index contributed by atoms with van der Waals surface area (Å²) in [7, 11) is 2.32. The maximum Gasteiger partial charge on any atom is 0.103 e. The molecule has 1 aromatic carbocycles. The van der Waals surface area contributed by atoms with Crippen molar-refractivity contribution in [2.45, 2.75) is 71.3 Å². The first kappa shape index (κ1) is 24.0. The molecule has 0 bridgehead atoms. The first-order valence-corrected chi connectivity index (χ1v) is 8.68. The van der Waals surface area contributed by atoms with E-state index in [0.29, 0.717) is 0 Å². The van der Waals surface area contributed by atoms with E-state index in [-0.39, 0.29) is 24.8 Å². The lowest BCUT2D eigenvalue weighted by molar-refractivity contribution is -0.894. The largest absolute Gasteiger partial charge is 1.00 e. The summed E-state index contributed by atoms with van der Waals surface area (Å²) in [6.45, 7) is 4.76. The quantitative estimate of drug-likeness (QED) is 0.428. The van der Waals surface area contributed by atoms with Crippen LogP contribution in [-0.4, -0.2) is 13.6 Å². The van der Waals surface area contributed by atoms with Crippen molar-refractivity contribution >= 4 is 0 Å². The third-order valence-corrected chi connectivity index (χ3v) is 4.06. The summed E-state index contributed by atoms with van der Waals surface area (Å²) in [5.41, 5.74) is 1.46. The number of benzene rings is 1. The van der Waals surface area contributed by atoms with Crippen LogP contribution in [0.15, 0.2) is 30.3 Å². The smallest absolute Gasteiger partial charge is 0.103 e. The van der Waals surface area contributed by atoms with Crippen molar-refractivity contribution in [1.82, 2.24) is 0 Å². The van der Waals surface area contributed by atoms with Crippen molar-refractivity contribution in [3.63, 3.8) is 0 Å². The van der Waals surface area contributed by atoms with Crippen LogP contribution >= 0.6 is 0 Å². The number of hydrogen-bond donors (Lipinski definition) is 1. The van der Waals surface area contributed by atoms with E-state index in [9.17, 15) is 0 Å². The highest BCUT2D eigenvalue weighted by Crippen LogP contribution is 2.08. The zero-order valence-electron chi connectivity index (χ0n) is 14.4. The van der Waals surface area contributed by atoms with Gasteiger partial charge in [0.1, 0.15) is 6.54 Å². The second-order valence-corrected chi connectivity index (χ2v) is 6.20. The summed E-state index contributed by atoms with van der Waals surface area (Å²) in [6, 6.07) is 10.8. The fraction of sp³-hybridized carbons (Fsp3) is 0.684. The Bertz CT molecular complexity index is 316. The van der Waals surface area contributed by atoms with Crippen molar-refractivity contribution in [3.8, 4) is 0 Å².